The van der Waals surface area contributed by atoms with Crippen molar-refractivity contribution >= 4 is 23.2 Å². The minimum absolute atomic E-state index is 0.0516. The molecule has 0 fully saturated rings. The number of aryl methyl sites for hydroxylation is 2. The number of amides is 2. The summed E-state index contributed by atoms with van der Waals surface area (Å²) >= 11 is 0. The molecule has 0 aliphatic carbocycles. The summed E-state index contributed by atoms with van der Waals surface area (Å²) in [6.07, 6.45) is 0.239. The molecule has 1 aliphatic rings. The Hall–Kier alpha value is -2.82. The van der Waals surface area contributed by atoms with Crippen molar-refractivity contribution in [1.82, 2.24) is 0 Å². The fourth-order valence-electron chi connectivity index (χ4n) is 2.76. The molecule has 2 aromatic rings. The zero-order valence-electron chi connectivity index (χ0n) is 14.1. The van der Waals surface area contributed by atoms with Gasteiger partial charge in [-0.1, -0.05) is 23.8 Å². The summed E-state index contributed by atoms with van der Waals surface area (Å²) in [6.45, 7) is 4.04. The highest BCUT2D eigenvalue weighted by Crippen LogP contribution is 2.32. The van der Waals surface area contributed by atoms with Crippen LogP contribution in [0.15, 0.2) is 36.4 Å². The average Bonchev–Trinajstić information content (AvgIpc) is 2.54. The summed E-state index contributed by atoms with van der Waals surface area (Å²) in [7, 11) is 1.71. The predicted octanol–water partition coefficient (Wildman–Crippen LogP) is 2.84. The molecule has 0 saturated heterocycles. The van der Waals surface area contributed by atoms with E-state index in [4.69, 9.17) is 4.74 Å². The van der Waals surface area contributed by atoms with Gasteiger partial charge in [0, 0.05) is 12.7 Å². The summed E-state index contributed by atoms with van der Waals surface area (Å²) in [5.74, 6) is 0.475. The maximum absolute atomic E-state index is 12.3. The molecule has 5 heteroatoms. The van der Waals surface area contributed by atoms with E-state index in [1.54, 1.807) is 18.0 Å². The lowest BCUT2D eigenvalue weighted by Crippen LogP contribution is -2.35. The molecule has 3 rings (SSSR count). The molecule has 0 atom stereocenters. The number of likely N-dealkylation sites (N-methyl/N-ethyl adjacent to an activating group) is 1. The monoisotopic (exact) mass is 324 g/mol. The van der Waals surface area contributed by atoms with Crippen LogP contribution in [0.3, 0.4) is 0 Å². The van der Waals surface area contributed by atoms with E-state index >= 15 is 0 Å². The van der Waals surface area contributed by atoms with Crippen LogP contribution in [-0.2, 0) is 16.0 Å². The van der Waals surface area contributed by atoms with Crippen LogP contribution in [0.2, 0.25) is 0 Å². The Labute approximate surface area is 141 Å². The van der Waals surface area contributed by atoms with Gasteiger partial charge in [-0.25, -0.2) is 0 Å². The molecule has 124 valence electrons. The van der Waals surface area contributed by atoms with Gasteiger partial charge in [-0.05, 0) is 43.2 Å². The second-order valence-corrected chi connectivity index (χ2v) is 6.09. The number of nitrogens with zero attached hydrogens (tertiary/aromatic N) is 1. The van der Waals surface area contributed by atoms with Crippen LogP contribution in [0.4, 0.5) is 11.4 Å². The lowest BCUT2D eigenvalue weighted by molar-refractivity contribution is -0.121. The van der Waals surface area contributed by atoms with Gasteiger partial charge in [0.15, 0.2) is 6.61 Å². The number of benzene rings is 2. The molecule has 0 saturated carbocycles. The maximum Gasteiger partial charge on any atom is 0.264 e. The number of ether oxygens (including phenoxy) is 1. The van der Waals surface area contributed by atoms with Crippen molar-refractivity contribution < 1.29 is 14.3 Å². The van der Waals surface area contributed by atoms with Crippen molar-refractivity contribution in [3.63, 3.8) is 0 Å². The first-order valence-electron chi connectivity index (χ1n) is 7.83. The summed E-state index contributed by atoms with van der Waals surface area (Å²) in [6, 6.07) is 11.4. The van der Waals surface area contributed by atoms with Crippen LogP contribution in [-0.4, -0.2) is 25.5 Å². The molecule has 0 unspecified atom stereocenters. The zero-order chi connectivity index (χ0) is 17.3. The normalized spacial score (nSPS) is 13.3. The Morgan fingerprint density at radius 3 is 2.75 bits per heavy atom. The first-order chi connectivity index (χ1) is 11.4. The van der Waals surface area contributed by atoms with Gasteiger partial charge < -0.3 is 15.0 Å². The van der Waals surface area contributed by atoms with Crippen LogP contribution < -0.4 is 15.0 Å². The van der Waals surface area contributed by atoms with E-state index in [9.17, 15) is 9.59 Å². The van der Waals surface area contributed by atoms with Gasteiger partial charge in [-0.2, -0.15) is 0 Å². The molecular weight excluding hydrogens is 304 g/mol. The van der Waals surface area contributed by atoms with E-state index in [0.717, 1.165) is 22.4 Å². The number of carbonyl (C=O) groups is 2. The van der Waals surface area contributed by atoms with Gasteiger partial charge in [0.1, 0.15) is 5.75 Å². The quantitative estimate of drug-likeness (QED) is 0.944. The summed E-state index contributed by atoms with van der Waals surface area (Å²) in [5, 5.41) is 2.94. The first-order valence-corrected chi connectivity index (χ1v) is 7.83. The Morgan fingerprint density at radius 2 is 2.00 bits per heavy atom. The molecule has 0 bridgehead atoms. The Balaban J connectivity index is 1.74. The molecule has 24 heavy (non-hydrogen) atoms. The molecule has 0 radical (unpaired) electrons. The Morgan fingerprint density at radius 1 is 1.21 bits per heavy atom. The number of carbonyl (C=O) groups excluding carboxylic acids is 2. The topological polar surface area (TPSA) is 58.6 Å². The van der Waals surface area contributed by atoms with Gasteiger partial charge >= 0.3 is 0 Å². The molecule has 5 nitrogen and oxygen atoms in total. The lowest BCUT2D eigenvalue weighted by Gasteiger charge is -2.26. The third-order valence-corrected chi connectivity index (χ3v) is 4.13. The second-order valence-electron chi connectivity index (χ2n) is 6.09. The SMILES string of the molecule is Cc1ccc(NC(=O)Cc2ccc3c(c2)N(C)C(=O)CO3)c(C)c1. The van der Waals surface area contributed by atoms with Gasteiger partial charge in [0.05, 0.1) is 12.1 Å². The minimum Gasteiger partial charge on any atom is -0.482 e. The Bertz CT molecular complexity index is 814. The maximum atomic E-state index is 12.3. The Kier molecular flexibility index (Phi) is 4.25. The number of nitrogens with one attached hydrogen (secondary N) is 1. The van der Waals surface area contributed by atoms with Gasteiger partial charge in [0.2, 0.25) is 5.91 Å². The third kappa shape index (κ3) is 3.25. The van der Waals surface area contributed by atoms with Crippen molar-refractivity contribution in [2.24, 2.45) is 0 Å². The van der Waals surface area contributed by atoms with Crippen molar-refractivity contribution in [2.45, 2.75) is 20.3 Å². The standard InChI is InChI=1S/C19H20N2O3/c1-12-4-6-15(13(2)8-12)20-18(22)10-14-5-7-17-16(9-14)21(3)19(23)11-24-17/h4-9H,10-11H2,1-3H3,(H,20,22). The fourth-order valence-corrected chi connectivity index (χ4v) is 2.76. The van der Waals surface area contributed by atoms with Crippen LogP contribution in [0.25, 0.3) is 0 Å². The summed E-state index contributed by atoms with van der Waals surface area (Å²) in [4.78, 5) is 25.6. The smallest absolute Gasteiger partial charge is 0.264 e. The van der Waals surface area contributed by atoms with E-state index in [2.05, 4.69) is 5.32 Å². The molecule has 1 aliphatic heterocycles. The van der Waals surface area contributed by atoms with Gasteiger partial charge in [-0.15, -0.1) is 0 Å². The van der Waals surface area contributed by atoms with Crippen molar-refractivity contribution in [3.8, 4) is 5.75 Å². The highest BCUT2D eigenvalue weighted by molar-refractivity contribution is 5.98. The zero-order valence-corrected chi connectivity index (χ0v) is 14.1. The molecule has 2 amide bonds. The molecule has 0 aromatic heterocycles. The van der Waals surface area contributed by atoms with Crippen LogP contribution >= 0.6 is 0 Å². The fraction of sp³-hybridized carbons (Fsp3) is 0.263. The molecular formula is C19H20N2O3. The number of hydrogen-bond acceptors (Lipinski definition) is 3. The molecule has 1 heterocycles. The minimum atomic E-state index is -0.0978. The van der Waals surface area contributed by atoms with Gasteiger partial charge in [0.25, 0.3) is 5.91 Å². The number of fused-ring (bicyclic) bond motifs is 1. The van der Waals surface area contributed by atoms with Crippen LogP contribution in [0.5, 0.6) is 5.75 Å². The average molecular weight is 324 g/mol. The van der Waals surface area contributed by atoms with Crippen molar-refractivity contribution in [3.05, 3.63) is 53.1 Å². The van der Waals surface area contributed by atoms with Crippen molar-refractivity contribution in [1.29, 1.82) is 0 Å². The highest BCUT2D eigenvalue weighted by Gasteiger charge is 2.22. The van der Waals surface area contributed by atoms with E-state index < -0.39 is 0 Å². The van der Waals surface area contributed by atoms with E-state index in [1.807, 2.05) is 44.2 Å². The lowest BCUT2D eigenvalue weighted by atomic mass is 10.1. The number of rotatable bonds is 3. The van der Waals surface area contributed by atoms with E-state index in [0.29, 0.717) is 11.4 Å². The van der Waals surface area contributed by atoms with Crippen LogP contribution in [0, 0.1) is 13.8 Å². The van der Waals surface area contributed by atoms with Crippen LogP contribution in [0.1, 0.15) is 16.7 Å². The first kappa shape index (κ1) is 16.1. The molecule has 1 N–H and O–H groups in total. The predicted molar refractivity (Wildman–Crippen MR) is 93.6 cm³/mol. The third-order valence-electron chi connectivity index (χ3n) is 4.13. The van der Waals surface area contributed by atoms with E-state index in [1.165, 1.54) is 0 Å². The number of hydrogen-bond donors (Lipinski definition) is 1. The van der Waals surface area contributed by atoms with Gasteiger partial charge in [-0.3, -0.25) is 9.59 Å². The largest absolute Gasteiger partial charge is 0.482 e. The molecule has 2 aromatic carbocycles. The number of anilines is 2. The summed E-state index contributed by atoms with van der Waals surface area (Å²) < 4.78 is 5.40. The second kappa shape index (κ2) is 6.35. The van der Waals surface area contributed by atoms with Crippen molar-refractivity contribution in [2.75, 3.05) is 23.9 Å². The molecule has 0 spiro atoms. The summed E-state index contributed by atoms with van der Waals surface area (Å²) in [5.41, 5.74) is 4.55. The highest BCUT2D eigenvalue weighted by atomic mass is 16.5. The van der Waals surface area contributed by atoms with E-state index in [-0.39, 0.29) is 24.8 Å².